The molecule has 0 saturated carbocycles. The first-order valence-corrected chi connectivity index (χ1v) is 10.3. The molecule has 2 aromatic rings. The highest BCUT2D eigenvalue weighted by Crippen LogP contribution is 2.28. The van der Waals surface area contributed by atoms with Crippen LogP contribution in [-0.4, -0.2) is 32.2 Å². The SMILES string of the molecule is Cc1ccc(C)c(NC(=O)CN(C)S(=O)(=O)C2=Cc3ccccc3CC2)c1. The fourth-order valence-electron chi connectivity index (χ4n) is 3.16. The lowest BCUT2D eigenvalue weighted by atomic mass is 9.98. The maximum absolute atomic E-state index is 12.9. The number of carbonyl (C=O) groups is 1. The van der Waals surface area contributed by atoms with Crippen LogP contribution in [-0.2, 0) is 21.2 Å². The molecule has 0 aliphatic heterocycles. The minimum atomic E-state index is -3.68. The standard InChI is InChI=1S/C21H24N2O3S/c1-15-8-9-16(2)20(12-15)22-21(24)14-23(3)27(25,26)19-11-10-17-6-4-5-7-18(17)13-19/h4-9,12-13H,10-11,14H2,1-3H3,(H,22,24). The van der Waals surface area contributed by atoms with Gasteiger partial charge in [0, 0.05) is 12.7 Å². The van der Waals surface area contributed by atoms with Gasteiger partial charge in [-0.2, -0.15) is 4.31 Å². The topological polar surface area (TPSA) is 66.5 Å². The number of likely N-dealkylation sites (N-methyl/N-ethyl adjacent to an activating group) is 1. The van der Waals surface area contributed by atoms with Crippen molar-refractivity contribution in [2.75, 3.05) is 18.9 Å². The molecule has 1 amide bonds. The van der Waals surface area contributed by atoms with Gasteiger partial charge in [0.25, 0.3) is 0 Å². The summed E-state index contributed by atoms with van der Waals surface area (Å²) in [6, 6.07) is 13.5. The van der Waals surface area contributed by atoms with Gasteiger partial charge in [-0.3, -0.25) is 4.79 Å². The molecular weight excluding hydrogens is 360 g/mol. The predicted octanol–water partition coefficient (Wildman–Crippen LogP) is 3.49. The summed E-state index contributed by atoms with van der Waals surface area (Å²) in [7, 11) is -2.23. The van der Waals surface area contributed by atoms with E-state index in [1.165, 1.54) is 7.05 Å². The Morgan fingerprint density at radius 1 is 1.11 bits per heavy atom. The zero-order valence-electron chi connectivity index (χ0n) is 15.8. The lowest BCUT2D eigenvalue weighted by Crippen LogP contribution is -2.36. The minimum Gasteiger partial charge on any atom is -0.325 e. The van der Waals surface area contributed by atoms with Crippen LogP contribution < -0.4 is 5.32 Å². The van der Waals surface area contributed by atoms with Crippen LogP contribution in [0.25, 0.3) is 6.08 Å². The highest BCUT2D eigenvalue weighted by atomic mass is 32.2. The average Bonchev–Trinajstić information content (AvgIpc) is 2.64. The molecule has 3 rings (SSSR count). The highest BCUT2D eigenvalue weighted by molar-refractivity contribution is 7.93. The molecule has 0 unspecified atom stereocenters. The van der Waals surface area contributed by atoms with E-state index < -0.39 is 10.0 Å². The van der Waals surface area contributed by atoms with E-state index in [4.69, 9.17) is 0 Å². The third-order valence-corrected chi connectivity index (χ3v) is 6.72. The molecule has 142 valence electrons. The van der Waals surface area contributed by atoms with Gasteiger partial charge in [-0.25, -0.2) is 8.42 Å². The Balaban J connectivity index is 1.73. The van der Waals surface area contributed by atoms with Gasteiger partial charge in [0.15, 0.2) is 0 Å². The number of hydrogen-bond acceptors (Lipinski definition) is 3. The third kappa shape index (κ3) is 4.28. The molecule has 5 nitrogen and oxygen atoms in total. The number of amides is 1. The van der Waals surface area contributed by atoms with Crippen molar-refractivity contribution < 1.29 is 13.2 Å². The molecule has 1 aliphatic rings. The fourth-order valence-corrected chi connectivity index (χ4v) is 4.48. The summed E-state index contributed by atoms with van der Waals surface area (Å²) in [5.74, 6) is -0.355. The van der Waals surface area contributed by atoms with Gasteiger partial charge in [-0.1, -0.05) is 36.4 Å². The molecule has 27 heavy (non-hydrogen) atoms. The lowest BCUT2D eigenvalue weighted by molar-refractivity contribution is -0.116. The van der Waals surface area contributed by atoms with Crippen molar-refractivity contribution in [2.24, 2.45) is 0 Å². The molecule has 6 heteroatoms. The van der Waals surface area contributed by atoms with E-state index in [9.17, 15) is 13.2 Å². The van der Waals surface area contributed by atoms with E-state index in [0.29, 0.717) is 23.4 Å². The molecule has 0 bridgehead atoms. The van der Waals surface area contributed by atoms with Crippen molar-refractivity contribution in [3.8, 4) is 0 Å². The van der Waals surface area contributed by atoms with Crippen molar-refractivity contribution in [1.29, 1.82) is 0 Å². The van der Waals surface area contributed by atoms with Crippen molar-refractivity contribution >= 4 is 27.7 Å². The van der Waals surface area contributed by atoms with Crippen LogP contribution in [0.15, 0.2) is 47.4 Å². The number of anilines is 1. The summed E-state index contributed by atoms with van der Waals surface area (Å²) in [4.78, 5) is 12.7. The number of sulfonamides is 1. The number of rotatable bonds is 5. The molecule has 0 aromatic heterocycles. The number of nitrogens with one attached hydrogen (secondary N) is 1. The number of hydrogen-bond donors (Lipinski definition) is 1. The summed E-state index contributed by atoms with van der Waals surface area (Å²) in [5, 5.41) is 2.81. The number of fused-ring (bicyclic) bond motifs is 1. The highest BCUT2D eigenvalue weighted by Gasteiger charge is 2.27. The molecule has 1 N–H and O–H groups in total. The predicted molar refractivity (Wildman–Crippen MR) is 109 cm³/mol. The van der Waals surface area contributed by atoms with Gasteiger partial charge in [0.2, 0.25) is 15.9 Å². The minimum absolute atomic E-state index is 0.227. The van der Waals surface area contributed by atoms with E-state index in [-0.39, 0.29) is 12.5 Å². The first-order chi connectivity index (χ1) is 12.8. The van der Waals surface area contributed by atoms with Crippen molar-refractivity contribution in [3.63, 3.8) is 0 Å². The summed E-state index contributed by atoms with van der Waals surface area (Å²) >= 11 is 0. The summed E-state index contributed by atoms with van der Waals surface area (Å²) < 4.78 is 26.9. The van der Waals surface area contributed by atoms with Crippen LogP contribution in [0.4, 0.5) is 5.69 Å². The van der Waals surface area contributed by atoms with Crippen LogP contribution in [0.1, 0.15) is 28.7 Å². The van der Waals surface area contributed by atoms with Gasteiger partial charge >= 0.3 is 0 Å². The largest absolute Gasteiger partial charge is 0.325 e. The van der Waals surface area contributed by atoms with E-state index in [1.54, 1.807) is 6.08 Å². The molecule has 1 aliphatic carbocycles. The lowest BCUT2D eigenvalue weighted by Gasteiger charge is -2.22. The van der Waals surface area contributed by atoms with Gasteiger partial charge in [-0.15, -0.1) is 0 Å². The summed E-state index contributed by atoms with van der Waals surface area (Å²) in [6.45, 7) is 3.62. The Morgan fingerprint density at radius 3 is 2.63 bits per heavy atom. The van der Waals surface area contributed by atoms with E-state index >= 15 is 0 Å². The van der Waals surface area contributed by atoms with Crippen LogP contribution in [0.3, 0.4) is 0 Å². The molecule has 0 atom stereocenters. The summed E-state index contributed by atoms with van der Waals surface area (Å²) in [5.41, 5.74) is 4.74. The smallest absolute Gasteiger partial charge is 0.239 e. The molecule has 0 saturated heterocycles. The van der Waals surface area contributed by atoms with E-state index in [0.717, 1.165) is 26.6 Å². The zero-order chi connectivity index (χ0) is 19.6. The maximum atomic E-state index is 12.9. The molecular formula is C21H24N2O3S. The Labute approximate surface area is 160 Å². The van der Waals surface area contributed by atoms with Crippen LogP contribution in [0, 0.1) is 13.8 Å². The Morgan fingerprint density at radius 2 is 1.85 bits per heavy atom. The second-order valence-corrected chi connectivity index (χ2v) is 9.03. The monoisotopic (exact) mass is 384 g/mol. The Kier molecular flexibility index (Phi) is 5.48. The van der Waals surface area contributed by atoms with Crippen molar-refractivity contribution in [2.45, 2.75) is 26.7 Å². The van der Waals surface area contributed by atoms with Crippen molar-refractivity contribution in [1.82, 2.24) is 4.31 Å². The fraction of sp³-hybridized carbons (Fsp3) is 0.286. The number of nitrogens with zero attached hydrogens (tertiary/aromatic N) is 1. The number of benzene rings is 2. The average molecular weight is 385 g/mol. The van der Waals surface area contributed by atoms with Crippen molar-refractivity contribution in [3.05, 3.63) is 69.6 Å². The normalized spacial score (nSPS) is 13.9. The van der Waals surface area contributed by atoms with Crippen LogP contribution in [0.2, 0.25) is 0 Å². The third-order valence-electron chi connectivity index (χ3n) is 4.79. The van der Waals surface area contributed by atoms with E-state index in [2.05, 4.69) is 5.32 Å². The van der Waals surface area contributed by atoms with E-state index in [1.807, 2.05) is 56.3 Å². The first-order valence-electron chi connectivity index (χ1n) is 8.89. The number of aryl methyl sites for hydroxylation is 3. The molecule has 0 fully saturated rings. The van der Waals surface area contributed by atoms with Gasteiger partial charge in [0.05, 0.1) is 11.4 Å². The first kappa shape index (κ1) is 19.3. The summed E-state index contributed by atoms with van der Waals surface area (Å²) in [6.07, 6.45) is 2.85. The van der Waals surface area contributed by atoms with Crippen LogP contribution >= 0.6 is 0 Å². The van der Waals surface area contributed by atoms with Gasteiger partial charge in [0.1, 0.15) is 0 Å². The second-order valence-electron chi connectivity index (χ2n) is 6.94. The van der Waals surface area contributed by atoms with Gasteiger partial charge in [-0.05, 0) is 61.1 Å². The number of carbonyl (C=O) groups excluding carboxylic acids is 1. The Hall–Kier alpha value is -2.44. The van der Waals surface area contributed by atoms with Crippen LogP contribution in [0.5, 0.6) is 0 Å². The molecule has 0 spiro atoms. The maximum Gasteiger partial charge on any atom is 0.239 e. The molecule has 0 heterocycles. The molecule has 0 radical (unpaired) electrons. The zero-order valence-corrected chi connectivity index (χ0v) is 16.6. The quantitative estimate of drug-likeness (QED) is 0.858. The Bertz CT molecular complexity index is 1010. The van der Waals surface area contributed by atoms with Gasteiger partial charge < -0.3 is 5.32 Å². The number of allylic oxidation sites excluding steroid dienone is 1. The molecule has 2 aromatic carbocycles. The second kappa shape index (κ2) is 7.66.